The Labute approximate surface area is 168 Å². The highest BCUT2D eigenvalue weighted by molar-refractivity contribution is 6.23. The number of rotatable bonds is 3. The molecule has 0 radical (unpaired) electrons. The standard InChI is InChI=1S/C25H20N2O2/c1-28-16-11-12-22(29-2)20(14-16)21-13-15-7-3-4-8-17(15)24-23(21)18-9-5-6-10-19(18)25(26)27-24/h3-14H,1-2H3,(H2,26,27). The molecular formula is C25H20N2O2. The van der Waals surface area contributed by atoms with Gasteiger partial charge in [0.2, 0.25) is 0 Å². The third-order valence-corrected chi connectivity index (χ3v) is 5.42. The van der Waals surface area contributed by atoms with Gasteiger partial charge in [0.25, 0.3) is 0 Å². The number of fused-ring (bicyclic) bond motifs is 5. The van der Waals surface area contributed by atoms with Gasteiger partial charge in [-0.15, -0.1) is 0 Å². The Morgan fingerprint density at radius 3 is 2.21 bits per heavy atom. The monoisotopic (exact) mass is 380 g/mol. The molecule has 0 saturated carbocycles. The number of benzene rings is 4. The predicted molar refractivity (Wildman–Crippen MR) is 120 cm³/mol. The van der Waals surface area contributed by atoms with Gasteiger partial charge >= 0.3 is 0 Å². The lowest BCUT2D eigenvalue weighted by Gasteiger charge is -2.17. The van der Waals surface area contributed by atoms with Crippen molar-refractivity contribution in [2.75, 3.05) is 20.0 Å². The van der Waals surface area contributed by atoms with Crippen molar-refractivity contribution in [3.05, 3.63) is 72.8 Å². The zero-order valence-electron chi connectivity index (χ0n) is 16.3. The van der Waals surface area contributed by atoms with Crippen LogP contribution >= 0.6 is 0 Å². The SMILES string of the molecule is COc1ccc(OC)c(-c2cc3ccccc3c3nc(N)c4ccccc4c23)c1. The van der Waals surface area contributed by atoms with E-state index in [1.165, 1.54) is 0 Å². The second-order valence-electron chi connectivity index (χ2n) is 6.98. The molecule has 142 valence electrons. The third kappa shape index (κ3) is 2.64. The summed E-state index contributed by atoms with van der Waals surface area (Å²) in [6.07, 6.45) is 0. The molecule has 0 unspecified atom stereocenters. The Morgan fingerprint density at radius 2 is 1.45 bits per heavy atom. The van der Waals surface area contributed by atoms with Crippen LogP contribution in [0.4, 0.5) is 5.82 Å². The molecule has 5 aromatic rings. The van der Waals surface area contributed by atoms with E-state index in [0.29, 0.717) is 5.82 Å². The van der Waals surface area contributed by atoms with Crippen LogP contribution in [-0.4, -0.2) is 19.2 Å². The second kappa shape index (κ2) is 6.67. The van der Waals surface area contributed by atoms with E-state index in [2.05, 4.69) is 24.3 Å². The summed E-state index contributed by atoms with van der Waals surface area (Å²) in [5.74, 6) is 2.09. The number of nitrogens with two attached hydrogens (primary N) is 1. The molecule has 0 aliphatic carbocycles. The van der Waals surface area contributed by atoms with Crippen molar-refractivity contribution in [3.8, 4) is 22.6 Å². The first-order valence-electron chi connectivity index (χ1n) is 9.43. The van der Waals surface area contributed by atoms with Gasteiger partial charge in [-0.1, -0.05) is 48.5 Å². The van der Waals surface area contributed by atoms with E-state index < -0.39 is 0 Å². The first-order chi connectivity index (χ1) is 14.2. The topological polar surface area (TPSA) is 57.4 Å². The van der Waals surface area contributed by atoms with Gasteiger partial charge in [0, 0.05) is 21.7 Å². The molecule has 0 spiro atoms. The second-order valence-corrected chi connectivity index (χ2v) is 6.98. The molecule has 4 heteroatoms. The van der Waals surface area contributed by atoms with E-state index in [0.717, 1.165) is 55.1 Å². The highest BCUT2D eigenvalue weighted by Gasteiger charge is 2.17. The average Bonchev–Trinajstić information content (AvgIpc) is 2.78. The van der Waals surface area contributed by atoms with Crippen LogP contribution in [-0.2, 0) is 0 Å². The fourth-order valence-electron chi connectivity index (χ4n) is 4.06. The normalized spacial score (nSPS) is 11.2. The molecule has 0 bridgehead atoms. The average molecular weight is 380 g/mol. The lowest BCUT2D eigenvalue weighted by molar-refractivity contribution is 0.404. The summed E-state index contributed by atoms with van der Waals surface area (Å²) >= 11 is 0. The van der Waals surface area contributed by atoms with Gasteiger partial charge in [-0.05, 0) is 40.6 Å². The van der Waals surface area contributed by atoms with Gasteiger partial charge in [-0.2, -0.15) is 0 Å². The molecule has 0 fully saturated rings. The number of methoxy groups -OCH3 is 2. The van der Waals surface area contributed by atoms with E-state index in [4.69, 9.17) is 20.2 Å². The lowest BCUT2D eigenvalue weighted by atomic mass is 9.92. The van der Waals surface area contributed by atoms with Crippen molar-refractivity contribution in [1.29, 1.82) is 0 Å². The van der Waals surface area contributed by atoms with Crippen LogP contribution in [0.2, 0.25) is 0 Å². The first-order valence-corrected chi connectivity index (χ1v) is 9.43. The molecule has 29 heavy (non-hydrogen) atoms. The number of ether oxygens (including phenoxy) is 2. The maximum atomic E-state index is 6.35. The summed E-state index contributed by atoms with van der Waals surface area (Å²) in [4.78, 5) is 4.82. The van der Waals surface area contributed by atoms with Crippen LogP contribution in [0.3, 0.4) is 0 Å². The van der Waals surface area contributed by atoms with Gasteiger partial charge in [0.05, 0.1) is 19.7 Å². The molecular weight excluding hydrogens is 360 g/mol. The van der Waals surface area contributed by atoms with E-state index >= 15 is 0 Å². The minimum Gasteiger partial charge on any atom is -0.497 e. The molecule has 1 heterocycles. The Bertz CT molecular complexity index is 1390. The molecule has 0 amide bonds. The Morgan fingerprint density at radius 1 is 0.724 bits per heavy atom. The Kier molecular flexibility index (Phi) is 3.98. The summed E-state index contributed by atoms with van der Waals surface area (Å²) in [6.45, 7) is 0. The predicted octanol–water partition coefficient (Wildman–Crippen LogP) is 5.81. The summed E-state index contributed by atoms with van der Waals surface area (Å²) in [6, 6.07) is 24.4. The lowest BCUT2D eigenvalue weighted by Crippen LogP contribution is -1.97. The first kappa shape index (κ1) is 17.3. The zero-order valence-corrected chi connectivity index (χ0v) is 16.3. The van der Waals surface area contributed by atoms with Crippen LogP contribution in [0, 0.1) is 0 Å². The Hall–Kier alpha value is -3.79. The minimum atomic E-state index is 0.535. The summed E-state index contributed by atoms with van der Waals surface area (Å²) in [5, 5.41) is 5.24. The number of aromatic nitrogens is 1. The molecule has 0 aliphatic rings. The smallest absolute Gasteiger partial charge is 0.132 e. The number of pyridine rings is 1. The largest absolute Gasteiger partial charge is 0.497 e. The van der Waals surface area contributed by atoms with Crippen LogP contribution < -0.4 is 15.2 Å². The highest BCUT2D eigenvalue weighted by Crippen LogP contribution is 2.43. The highest BCUT2D eigenvalue weighted by atomic mass is 16.5. The maximum Gasteiger partial charge on any atom is 0.132 e. The van der Waals surface area contributed by atoms with Crippen molar-refractivity contribution in [2.45, 2.75) is 0 Å². The molecule has 0 saturated heterocycles. The zero-order chi connectivity index (χ0) is 20.0. The minimum absolute atomic E-state index is 0.535. The number of anilines is 1. The van der Waals surface area contributed by atoms with E-state index in [1.54, 1.807) is 14.2 Å². The fraction of sp³-hybridized carbons (Fsp3) is 0.0800. The summed E-state index contributed by atoms with van der Waals surface area (Å²) in [7, 11) is 3.35. The number of hydrogen-bond donors (Lipinski definition) is 1. The molecule has 4 aromatic carbocycles. The van der Waals surface area contributed by atoms with Crippen molar-refractivity contribution < 1.29 is 9.47 Å². The van der Waals surface area contributed by atoms with Crippen LogP contribution in [0.15, 0.2) is 72.8 Å². The number of nitrogen functional groups attached to an aromatic ring is 1. The third-order valence-electron chi connectivity index (χ3n) is 5.42. The Balaban J connectivity index is 2.04. The van der Waals surface area contributed by atoms with Gasteiger partial charge in [0.1, 0.15) is 17.3 Å². The van der Waals surface area contributed by atoms with Crippen molar-refractivity contribution in [2.24, 2.45) is 0 Å². The fourth-order valence-corrected chi connectivity index (χ4v) is 4.06. The molecule has 1 aromatic heterocycles. The maximum absolute atomic E-state index is 6.35. The summed E-state index contributed by atoms with van der Waals surface area (Å²) in [5.41, 5.74) is 9.23. The summed E-state index contributed by atoms with van der Waals surface area (Å²) < 4.78 is 11.2. The van der Waals surface area contributed by atoms with E-state index in [9.17, 15) is 0 Å². The molecule has 0 atom stereocenters. The van der Waals surface area contributed by atoms with Crippen molar-refractivity contribution >= 4 is 38.3 Å². The van der Waals surface area contributed by atoms with E-state index in [1.807, 2.05) is 48.5 Å². The molecule has 2 N–H and O–H groups in total. The molecule has 4 nitrogen and oxygen atoms in total. The van der Waals surface area contributed by atoms with Gasteiger partial charge in [-0.25, -0.2) is 4.98 Å². The van der Waals surface area contributed by atoms with E-state index in [-0.39, 0.29) is 0 Å². The van der Waals surface area contributed by atoms with Crippen LogP contribution in [0.5, 0.6) is 11.5 Å². The number of hydrogen-bond acceptors (Lipinski definition) is 4. The van der Waals surface area contributed by atoms with Crippen LogP contribution in [0.1, 0.15) is 0 Å². The van der Waals surface area contributed by atoms with Crippen molar-refractivity contribution in [1.82, 2.24) is 4.98 Å². The van der Waals surface area contributed by atoms with Gasteiger partial charge in [-0.3, -0.25) is 0 Å². The van der Waals surface area contributed by atoms with Gasteiger partial charge in [0.15, 0.2) is 0 Å². The van der Waals surface area contributed by atoms with Gasteiger partial charge < -0.3 is 15.2 Å². The molecule has 0 aliphatic heterocycles. The van der Waals surface area contributed by atoms with Crippen LogP contribution in [0.25, 0.3) is 43.6 Å². The number of nitrogens with zero attached hydrogens (tertiary/aromatic N) is 1. The molecule has 5 rings (SSSR count). The van der Waals surface area contributed by atoms with Crippen molar-refractivity contribution in [3.63, 3.8) is 0 Å². The quantitative estimate of drug-likeness (QED) is 0.401.